The van der Waals surface area contributed by atoms with Gasteiger partial charge in [-0.15, -0.1) is 0 Å². The van der Waals surface area contributed by atoms with Gasteiger partial charge >= 0.3 is 0 Å². The Labute approximate surface area is 95.2 Å². The number of aliphatic hydroxyl groups excluding tert-OH is 1. The van der Waals surface area contributed by atoms with E-state index in [1.165, 1.54) is 12.1 Å². The Morgan fingerprint density at radius 1 is 1.19 bits per heavy atom. The van der Waals surface area contributed by atoms with Crippen LogP contribution < -0.4 is 0 Å². The van der Waals surface area contributed by atoms with E-state index in [4.69, 9.17) is 5.11 Å². The fourth-order valence-electron chi connectivity index (χ4n) is 1.38. The lowest BCUT2D eigenvalue weighted by Crippen LogP contribution is -2.24. The van der Waals surface area contributed by atoms with Gasteiger partial charge in [0.25, 0.3) is 11.8 Å². The topological polar surface area (TPSA) is 74.7 Å². The van der Waals surface area contributed by atoms with Crippen LogP contribution in [-0.2, 0) is 4.79 Å². The number of benzene rings is 1. The molecular weight excluding hydrogens is 230 g/mol. The highest BCUT2D eigenvalue weighted by Crippen LogP contribution is 2.28. The molecule has 1 aromatic carbocycles. The number of imide groups is 1. The molecule has 2 amide bonds. The zero-order valence-corrected chi connectivity index (χ0v) is 8.86. The minimum atomic E-state index is -0.710. The van der Waals surface area contributed by atoms with E-state index in [2.05, 4.69) is 0 Å². The summed E-state index contributed by atoms with van der Waals surface area (Å²) < 4.78 is 0.767. The zero-order chi connectivity index (χ0) is 11.7. The lowest BCUT2D eigenvalue weighted by Gasteiger charge is -2.09. The van der Waals surface area contributed by atoms with Crippen LogP contribution in [0.2, 0.25) is 0 Å². The van der Waals surface area contributed by atoms with Gasteiger partial charge in [-0.25, -0.2) is 4.31 Å². The van der Waals surface area contributed by atoms with Gasteiger partial charge in [-0.2, -0.15) is 0 Å². The van der Waals surface area contributed by atoms with Crippen molar-refractivity contribution in [2.45, 2.75) is 0 Å². The lowest BCUT2D eigenvalue weighted by molar-refractivity contribution is -0.113. The van der Waals surface area contributed by atoms with Crippen molar-refractivity contribution in [2.75, 3.05) is 6.61 Å². The number of amides is 2. The maximum Gasteiger partial charge on any atom is 0.272 e. The third-order valence-corrected chi connectivity index (χ3v) is 2.93. The predicted molar refractivity (Wildman–Crippen MR) is 56.6 cm³/mol. The summed E-state index contributed by atoms with van der Waals surface area (Å²) in [5.74, 6) is -1.04. The number of hydrogen-bond donors (Lipinski definition) is 1. The summed E-state index contributed by atoms with van der Waals surface area (Å²) in [5, 5.41) is 7.92. The van der Waals surface area contributed by atoms with Crippen molar-refractivity contribution in [3.8, 4) is 0 Å². The molecule has 1 heterocycles. The second-order valence-electron chi connectivity index (χ2n) is 3.07. The molecule has 0 aliphatic carbocycles. The molecule has 2 rings (SSSR count). The van der Waals surface area contributed by atoms with E-state index in [9.17, 15) is 14.4 Å². The van der Waals surface area contributed by atoms with E-state index in [-0.39, 0.29) is 11.1 Å². The zero-order valence-electron chi connectivity index (χ0n) is 8.04. The average molecular weight is 237 g/mol. The second kappa shape index (κ2) is 4.07. The molecule has 0 saturated heterocycles. The monoisotopic (exact) mass is 237 g/mol. The van der Waals surface area contributed by atoms with Crippen LogP contribution >= 0.6 is 11.9 Å². The van der Waals surface area contributed by atoms with Crippen LogP contribution in [0, 0.1) is 0 Å². The normalized spacial score (nSPS) is 14.2. The third-order valence-electron chi connectivity index (χ3n) is 2.08. The summed E-state index contributed by atoms with van der Waals surface area (Å²) in [5.41, 5.74) is 0.566. The summed E-state index contributed by atoms with van der Waals surface area (Å²) in [6.07, 6.45) is 0. The molecule has 0 unspecified atom stereocenters. The summed E-state index contributed by atoms with van der Waals surface area (Å²) in [4.78, 5) is 34.4. The maximum absolute atomic E-state index is 11.7. The summed E-state index contributed by atoms with van der Waals surface area (Å²) in [6.45, 7) is -0.710. The number of carbonyl (C=O) groups is 3. The smallest absolute Gasteiger partial charge is 0.272 e. The minimum absolute atomic E-state index is 0.283. The molecule has 5 nitrogen and oxygen atoms in total. The van der Waals surface area contributed by atoms with E-state index >= 15 is 0 Å². The Morgan fingerprint density at radius 2 is 1.69 bits per heavy atom. The van der Waals surface area contributed by atoms with Gasteiger partial charge in [0.1, 0.15) is 6.61 Å². The first kappa shape index (κ1) is 10.8. The quantitative estimate of drug-likeness (QED) is 0.597. The van der Waals surface area contributed by atoms with Crippen molar-refractivity contribution in [2.24, 2.45) is 0 Å². The van der Waals surface area contributed by atoms with Crippen LogP contribution in [0.4, 0.5) is 0 Å². The molecule has 1 aromatic rings. The van der Waals surface area contributed by atoms with Crippen molar-refractivity contribution in [1.29, 1.82) is 0 Å². The molecule has 16 heavy (non-hydrogen) atoms. The first-order chi connectivity index (χ1) is 7.65. The van der Waals surface area contributed by atoms with Gasteiger partial charge in [0.2, 0.25) is 5.12 Å². The molecule has 0 bridgehead atoms. The van der Waals surface area contributed by atoms with Crippen LogP contribution in [0.3, 0.4) is 0 Å². The molecule has 82 valence electrons. The van der Waals surface area contributed by atoms with Crippen LogP contribution in [0.25, 0.3) is 0 Å². The van der Waals surface area contributed by atoms with Crippen molar-refractivity contribution in [1.82, 2.24) is 4.31 Å². The summed E-state index contributed by atoms with van der Waals surface area (Å²) in [6, 6.07) is 6.34. The lowest BCUT2D eigenvalue weighted by atomic mass is 10.1. The van der Waals surface area contributed by atoms with Crippen molar-refractivity contribution in [3.63, 3.8) is 0 Å². The Bertz CT molecular complexity index is 450. The van der Waals surface area contributed by atoms with Gasteiger partial charge < -0.3 is 5.11 Å². The molecular formula is C10H7NO4S. The van der Waals surface area contributed by atoms with Gasteiger partial charge in [-0.05, 0) is 12.1 Å². The van der Waals surface area contributed by atoms with E-state index in [0.29, 0.717) is 11.9 Å². The van der Waals surface area contributed by atoms with Crippen LogP contribution in [0.5, 0.6) is 0 Å². The largest absolute Gasteiger partial charge is 0.388 e. The van der Waals surface area contributed by atoms with Crippen LogP contribution in [-0.4, -0.2) is 32.9 Å². The van der Waals surface area contributed by atoms with Gasteiger partial charge in [0, 0.05) is 11.9 Å². The van der Waals surface area contributed by atoms with Gasteiger partial charge in [-0.3, -0.25) is 14.4 Å². The SMILES string of the molecule is O=C(CO)SN1C(=O)c2ccccc2C1=O. The molecule has 0 aromatic heterocycles. The highest BCUT2D eigenvalue weighted by Gasteiger charge is 2.37. The molecule has 0 saturated carbocycles. The van der Waals surface area contributed by atoms with Crippen LogP contribution in [0.1, 0.15) is 20.7 Å². The molecule has 0 fully saturated rings. The molecule has 1 aliphatic rings. The number of aliphatic hydroxyl groups is 1. The first-order valence-electron chi connectivity index (χ1n) is 4.44. The standard InChI is InChI=1S/C10H7NO4S/c12-5-8(13)16-11-9(14)6-3-1-2-4-7(6)10(11)15/h1-4,12H,5H2. The number of hydrogen-bond acceptors (Lipinski definition) is 5. The van der Waals surface area contributed by atoms with E-state index in [1.54, 1.807) is 12.1 Å². The molecule has 0 atom stereocenters. The van der Waals surface area contributed by atoms with E-state index in [0.717, 1.165) is 4.31 Å². The highest BCUT2D eigenvalue weighted by atomic mass is 32.2. The second-order valence-corrected chi connectivity index (χ2v) is 4.07. The Kier molecular flexibility index (Phi) is 2.76. The third kappa shape index (κ3) is 1.62. The van der Waals surface area contributed by atoms with Crippen molar-refractivity contribution in [3.05, 3.63) is 35.4 Å². The Hall–Kier alpha value is -1.66. The Balaban J connectivity index is 2.32. The van der Waals surface area contributed by atoms with Crippen LogP contribution in [0.15, 0.2) is 24.3 Å². The fourth-order valence-corrected chi connectivity index (χ4v) is 2.00. The molecule has 6 heteroatoms. The van der Waals surface area contributed by atoms with Gasteiger partial charge in [0.05, 0.1) is 11.1 Å². The first-order valence-corrected chi connectivity index (χ1v) is 5.22. The molecule has 0 spiro atoms. The average Bonchev–Trinajstić information content (AvgIpc) is 2.55. The minimum Gasteiger partial charge on any atom is -0.388 e. The maximum atomic E-state index is 11.7. The number of rotatable bonds is 2. The van der Waals surface area contributed by atoms with Gasteiger partial charge in [-0.1, -0.05) is 12.1 Å². The van der Waals surface area contributed by atoms with E-state index in [1.807, 2.05) is 0 Å². The summed E-state index contributed by atoms with van der Waals surface area (Å²) >= 11 is 0.425. The number of carbonyl (C=O) groups excluding carboxylic acids is 3. The highest BCUT2D eigenvalue weighted by molar-refractivity contribution is 8.12. The fraction of sp³-hybridized carbons (Fsp3) is 0.100. The van der Waals surface area contributed by atoms with Crippen molar-refractivity contribution >= 4 is 28.9 Å². The van der Waals surface area contributed by atoms with E-state index < -0.39 is 23.5 Å². The number of fused-ring (bicyclic) bond motifs is 1. The molecule has 0 radical (unpaired) electrons. The predicted octanol–water partition coefficient (Wildman–Crippen LogP) is 0.450. The number of nitrogens with zero attached hydrogens (tertiary/aromatic N) is 1. The molecule has 1 N–H and O–H groups in total. The van der Waals surface area contributed by atoms with Crippen molar-refractivity contribution < 1.29 is 19.5 Å². The van der Waals surface area contributed by atoms with Gasteiger partial charge in [0.15, 0.2) is 0 Å². The summed E-state index contributed by atoms with van der Waals surface area (Å²) in [7, 11) is 0. The molecule has 1 aliphatic heterocycles. The Morgan fingerprint density at radius 3 is 2.12 bits per heavy atom.